The second kappa shape index (κ2) is 7.09. The van der Waals surface area contributed by atoms with Crippen LogP contribution in [-0.2, 0) is 16.1 Å². The molecule has 0 aliphatic carbocycles. The van der Waals surface area contributed by atoms with Gasteiger partial charge in [-0.15, -0.1) is 0 Å². The maximum absolute atomic E-state index is 13.1. The summed E-state index contributed by atoms with van der Waals surface area (Å²) in [5.74, 6) is -1.19. The van der Waals surface area contributed by atoms with Crippen LogP contribution in [0, 0.1) is 5.41 Å². The van der Waals surface area contributed by atoms with Gasteiger partial charge < -0.3 is 14.9 Å². The normalized spacial score (nSPS) is 22.0. The van der Waals surface area contributed by atoms with Gasteiger partial charge in [-0.3, -0.25) is 14.3 Å². The highest BCUT2D eigenvalue weighted by Crippen LogP contribution is 2.44. The number of amides is 2. The van der Waals surface area contributed by atoms with Gasteiger partial charge in [0.05, 0.1) is 0 Å². The van der Waals surface area contributed by atoms with Crippen LogP contribution in [0.3, 0.4) is 0 Å². The van der Waals surface area contributed by atoms with Crippen molar-refractivity contribution in [2.45, 2.75) is 52.1 Å². The molecule has 8 nitrogen and oxygen atoms in total. The van der Waals surface area contributed by atoms with Crippen molar-refractivity contribution < 1.29 is 19.5 Å². The van der Waals surface area contributed by atoms with Crippen molar-refractivity contribution >= 4 is 17.8 Å². The summed E-state index contributed by atoms with van der Waals surface area (Å²) in [5.41, 5.74) is 0.219. The zero-order valence-electron chi connectivity index (χ0n) is 15.3. The standard InChI is InChI=1S/C18H26N4O4/c1-3-8-22-14(4-7-19-22)16(24)21-12-18(11-15(21)17(25)26)5-9-20(10-6-18)13(2)23/h4,7,15H,3,5-6,8-12H2,1-2H3,(H,25,26)/t15-/m1/s1. The third-order valence-corrected chi connectivity index (χ3v) is 5.69. The number of aliphatic carboxylic acids is 1. The van der Waals surface area contributed by atoms with E-state index >= 15 is 0 Å². The molecule has 1 spiro atoms. The molecule has 2 aliphatic rings. The molecular formula is C18H26N4O4. The quantitative estimate of drug-likeness (QED) is 0.869. The van der Waals surface area contributed by atoms with Crippen molar-refractivity contribution in [3.05, 3.63) is 18.0 Å². The Hall–Kier alpha value is -2.38. The number of hydrogen-bond donors (Lipinski definition) is 1. The summed E-state index contributed by atoms with van der Waals surface area (Å²) in [7, 11) is 0. The van der Waals surface area contributed by atoms with Gasteiger partial charge in [0.25, 0.3) is 5.91 Å². The Kier molecular flexibility index (Phi) is 5.02. The Balaban J connectivity index is 1.80. The van der Waals surface area contributed by atoms with E-state index in [0.717, 1.165) is 19.3 Å². The minimum absolute atomic E-state index is 0.0454. The maximum Gasteiger partial charge on any atom is 0.326 e. The summed E-state index contributed by atoms with van der Waals surface area (Å²) in [4.78, 5) is 39.7. The van der Waals surface area contributed by atoms with Crippen LogP contribution in [0.5, 0.6) is 0 Å². The molecule has 0 saturated carbocycles. The Morgan fingerprint density at radius 2 is 2.00 bits per heavy atom. The van der Waals surface area contributed by atoms with E-state index in [1.165, 1.54) is 4.90 Å². The third kappa shape index (κ3) is 3.32. The lowest BCUT2D eigenvalue weighted by atomic mass is 9.76. The first-order chi connectivity index (χ1) is 12.4. The molecule has 1 N–H and O–H groups in total. The molecular weight excluding hydrogens is 336 g/mol. The Morgan fingerprint density at radius 3 is 2.58 bits per heavy atom. The molecule has 8 heteroatoms. The number of rotatable bonds is 4. The molecule has 0 aromatic carbocycles. The molecule has 2 aliphatic heterocycles. The third-order valence-electron chi connectivity index (χ3n) is 5.69. The number of carbonyl (C=O) groups is 3. The first kappa shape index (κ1) is 18.4. The van der Waals surface area contributed by atoms with Crippen molar-refractivity contribution in [2.24, 2.45) is 5.41 Å². The zero-order valence-corrected chi connectivity index (χ0v) is 15.3. The fraction of sp³-hybridized carbons (Fsp3) is 0.667. The van der Waals surface area contributed by atoms with Crippen molar-refractivity contribution in [1.29, 1.82) is 0 Å². The average molecular weight is 362 g/mol. The van der Waals surface area contributed by atoms with Gasteiger partial charge >= 0.3 is 5.97 Å². The van der Waals surface area contributed by atoms with E-state index in [1.807, 2.05) is 6.92 Å². The fourth-order valence-electron chi connectivity index (χ4n) is 4.20. The molecule has 1 atom stereocenters. The van der Waals surface area contributed by atoms with E-state index in [4.69, 9.17) is 0 Å². The highest BCUT2D eigenvalue weighted by atomic mass is 16.4. The molecule has 0 unspecified atom stereocenters. The van der Waals surface area contributed by atoms with Crippen LogP contribution in [0.1, 0.15) is 50.0 Å². The van der Waals surface area contributed by atoms with Crippen LogP contribution in [0.15, 0.2) is 12.3 Å². The molecule has 2 amide bonds. The topological polar surface area (TPSA) is 95.7 Å². The van der Waals surface area contributed by atoms with Crippen LogP contribution in [0.25, 0.3) is 0 Å². The Bertz CT molecular complexity index is 706. The summed E-state index contributed by atoms with van der Waals surface area (Å²) in [6, 6.07) is 0.830. The smallest absolute Gasteiger partial charge is 0.326 e. The number of nitrogens with zero attached hydrogens (tertiary/aromatic N) is 4. The molecule has 1 aromatic rings. The molecule has 0 radical (unpaired) electrons. The van der Waals surface area contributed by atoms with Crippen LogP contribution < -0.4 is 0 Å². The summed E-state index contributed by atoms with van der Waals surface area (Å²) >= 11 is 0. The largest absolute Gasteiger partial charge is 0.480 e. The van der Waals surface area contributed by atoms with Gasteiger partial charge in [0, 0.05) is 39.3 Å². The number of likely N-dealkylation sites (tertiary alicyclic amines) is 2. The molecule has 1 aromatic heterocycles. The molecule has 3 rings (SSSR count). The molecule has 2 fully saturated rings. The van der Waals surface area contributed by atoms with Gasteiger partial charge in [0.1, 0.15) is 11.7 Å². The van der Waals surface area contributed by atoms with Gasteiger partial charge in [-0.05, 0) is 37.2 Å². The number of aryl methyl sites for hydroxylation is 1. The summed E-state index contributed by atoms with van der Waals surface area (Å²) in [6.07, 6.45) is 4.33. The first-order valence-corrected chi connectivity index (χ1v) is 9.18. The highest BCUT2D eigenvalue weighted by Gasteiger charge is 2.50. The van der Waals surface area contributed by atoms with E-state index < -0.39 is 12.0 Å². The predicted molar refractivity (Wildman–Crippen MR) is 93.5 cm³/mol. The van der Waals surface area contributed by atoms with Gasteiger partial charge in [-0.25, -0.2) is 4.79 Å². The van der Waals surface area contributed by atoms with Crippen LogP contribution in [0.2, 0.25) is 0 Å². The lowest BCUT2D eigenvalue weighted by molar-refractivity contribution is -0.141. The number of hydrogen-bond acceptors (Lipinski definition) is 4. The number of aromatic nitrogens is 2. The van der Waals surface area contributed by atoms with Crippen molar-refractivity contribution in [3.63, 3.8) is 0 Å². The first-order valence-electron chi connectivity index (χ1n) is 9.18. The molecule has 2 saturated heterocycles. The number of carbonyl (C=O) groups excluding carboxylic acids is 2. The van der Waals surface area contributed by atoms with E-state index in [2.05, 4.69) is 5.10 Å². The number of piperidine rings is 1. The van der Waals surface area contributed by atoms with Gasteiger partial charge in [-0.2, -0.15) is 5.10 Å². The molecule has 26 heavy (non-hydrogen) atoms. The minimum atomic E-state index is -0.967. The van der Waals surface area contributed by atoms with Crippen LogP contribution in [0.4, 0.5) is 0 Å². The van der Waals surface area contributed by atoms with Gasteiger partial charge in [0.2, 0.25) is 5.91 Å². The molecule has 142 valence electrons. The predicted octanol–water partition coefficient (Wildman–Crippen LogP) is 1.22. The minimum Gasteiger partial charge on any atom is -0.480 e. The van der Waals surface area contributed by atoms with E-state index in [1.54, 1.807) is 28.8 Å². The number of carboxylic acid groups (broad SMARTS) is 1. The van der Waals surface area contributed by atoms with Crippen LogP contribution >= 0.6 is 0 Å². The lowest BCUT2D eigenvalue weighted by Gasteiger charge is -2.38. The van der Waals surface area contributed by atoms with Gasteiger partial charge in [0.15, 0.2) is 0 Å². The second-order valence-electron chi connectivity index (χ2n) is 7.44. The lowest BCUT2D eigenvalue weighted by Crippen LogP contribution is -2.44. The molecule has 0 bridgehead atoms. The zero-order chi connectivity index (χ0) is 18.9. The molecule has 3 heterocycles. The number of carboxylic acids is 1. The van der Waals surface area contributed by atoms with E-state index in [-0.39, 0.29) is 17.2 Å². The average Bonchev–Trinajstić information content (AvgIpc) is 3.20. The summed E-state index contributed by atoms with van der Waals surface area (Å²) in [5, 5.41) is 13.9. The van der Waals surface area contributed by atoms with E-state index in [9.17, 15) is 19.5 Å². The monoisotopic (exact) mass is 362 g/mol. The van der Waals surface area contributed by atoms with Gasteiger partial charge in [-0.1, -0.05) is 6.92 Å². The summed E-state index contributed by atoms with van der Waals surface area (Å²) in [6.45, 7) is 5.85. The van der Waals surface area contributed by atoms with Crippen molar-refractivity contribution in [3.8, 4) is 0 Å². The van der Waals surface area contributed by atoms with Crippen LogP contribution in [-0.4, -0.2) is 68.1 Å². The Labute approximate surface area is 152 Å². The summed E-state index contributed by atoms with van der Waals surface area (Å²) < 4.78 is 1.64. The van der Waals surface area contributed by atoms with Crippen molar-refractivity contribution in [2.75, 3.05) is 19.6 Å². The van der Waals surface area contributed by atoms with Crippen molar-refractivity contribution in [1.82, 2.24) is 19.6 Å². The fourth-order valence-corrected chi connectivity index (χ4v) is 4.20. The van der Waals surface area contributed by atoms with E-state index in [0.29, 0.717) is 38.3 Å². The highest BCUT2D eigenvalue weighted by molar-refractivity contribution is 5.95. The second-order valence-corrected chi connectivity index (χ2v) is 7.44. The Morgan fingerprint density at radius 1 is 1.31 bits per heavy atom. The maximum atomic E-state index is 13.1. The SMILES string of the molecule is CCCn1nccc1C(=O)N1CC2(CCN(C(C)=O)CC2)C[C@@H]1C(=O)O.